The molecule has 0 radical (unpaired) electrons. The SMILES string of the molecule is C/C(=C\c1ccccc1)C(=O)Nc1ccc(N2CCOCC2=O)cc1. The molecule has 1 heterocycles. The molecule has 0 atom stereocenters. The lowest BCUT2D eigenvalue weighted by molar-refractivity contribution is -0.125. The summed E-state index contributed by atoms with van der Waals surface area (Å²) in [6.07, 6.45) is 1.84. The van der Waals surface area contributed by atoms with Gasteiger partial charge in [0.15, 0.2) is 0 Å². The highest BCUT2D eigenvalue weighted by molar-refractivity contribution is 6.06. The largest absolute Gasteiger partial charge is 0.370 e. The third-order valence-electron chi connectivity index (χ3n) is 3.96. The van der Waals surface area contributed by atoms with Crippen molar-refractivity contribution in [3.05, 3.63) is 65.7 Å². The van der Waals surface area contributed by atoms with Crippen LogP contribution in [0.15, 0.2) is 60.2 Å². The Labute approximate surface area is 146 Å². The Morgan fingerprint density at radius 1 is 1.12 bits per heavy atom. The topological polar surface area (TPSA) is 58.6 Å². The molecule has 0 spiro atoms. The van der Waals surface area contributed by atoms with Crippen LogP contribution in [-0.2, 0) is 14.3 Å². The molecular weight excluding hydrogens is 316 g/mol. The van der Waals surface area contributed by atoms with E-state index in [9.17, 15) is 9.59 Å². The first kappa shape index (κ1) is 16.9. The summed E-state index contributed by atoms with van der Waals surface area (Å²) in [5.74, 6) is -0.205. The Morgan fingerprint density at radius 2 is 1.84 bits per heavy atom. The van der Waals surface area contributed by atoms with Crippen LogP contribution >= 0.6 is 0 Å². The number of nitrogens with zero attached hydrogens (tertiary/aromatic N) is 1. The van der Waals surface area contributed by atoms with Crippen molar-refractivity contribution in [2.45, 2.75) is 6.92 Å². The van der Waals surface area contributed by atoms with E-state index in [1.54, 1.807) is 24.0 Å². The molecule has 1 N–H and O–H groups in total. The quantitative estimate of drug-likeness (QED) is 0.873. The van der Waals surface area contributed by atoms with Crippen molar-refractivity contribution in [2.75, 3.05) is 30.0 Å². The number of morpholine rings is 1. The molecule has 128 valence electrons. The van der Waals surface area contributed by atoms with Crippen LogP contribution in [0.5, 0.6) is 0 Å². The number of carbonyl (C=O) groups is 2. The number of hydrogen-bond donors (Lipinski definition) is 1. The van der Waals surface area contributed by atoms with Crippen molar-refractivity contribution in [3.8, 4) is 0 Å². The molecule has 1 aliphatic heterocycles. The van der Waals surface area contributed by atoms with E-state index in [-0.39, 0.29) is 18.4 Å². The highest BCUT2D eigenvalue weighted by Crippen LogP contribution is 2.20. The van der Waals surface area contributed by atoms with Crippen LogP contribution in [-0.4, -0.2) is 31.6 Å². The van der Waals surface area contributed by atoms with Crippen LogP contribution in [0.4, 0.5) is 11.4 Å². The molecule has 0 aromatic heterocycles. The first-order valence-electron chi connectivity index (χ1n) is 8.16. The lowest BCUT2D eigenvalue weighted by atomic mass is 10.1. The van der Waals surface area contributed by atoms with Crippen LogP contribution in [0.3, 0.4) is 0 Å². The van der Waals surface area contributed by atoms with Gasteiger partial charge in [0.05, 0.1) is 6.61 Å². The van der Waals surface area contributed by atoms with Gasteiger partial charge in [0, 0.05) is 23.5 Å². The van der Waals surface area contributed by atoms with Crippen molar-refractivity contribution in [1.82, 2.24) is 0 Å². The fourth-order valence-electron chi connectivity index (χ4n) is 2.61. The maximum Gasteiger partial charge on any atom is 0.253 e. The summed E-state index contributed by atoms with van der Waals surface area (Å²) in [4.78, 5) is 25.8. The van der Waals surface area contributed by atoms with Gasteiger partial charge in [0.2, 0.25) is 0 Å². The first-order chi connectivity index (χ1) is 12.1. The van der Waals surface area contributed by atoms with Gasteiger partial charge in [-0.2, -0.15) is 0 Å². The molecule has 5 nitrogen and oxygen atoms in total. The molecule has 3 rings (SSSR count). The molecule has 0 saturated carbocycles. The van der Waals surface area contributed by atoms with Gasteiger partial charge in [-0.3, -0.25) is 9.59 Å². The molecule has 0 bridgehead atoms. The van der Waals surface area contributed by atoms with Crippen molar-refractivity contribution < 1.29 is 14.3 Å². The number of anilines is 2. The van der Waals surface area contributed by atoms with Gasteiger partial charge in [-0.15, -0.1) is 0 Å². The Morgan fingerprint density at radius 3 is 2.52 bits per heavy atom. The summed E-state index contributed by atoms with van der Waals surface area (Å²) in [6.45, 7) is 2.97. The van der Waals surface area contributed by atoms with Crippen LogP contribution in [0.2, 0.25) is 0 Å². The van der Waals surface area contributed by atoms with Crippen molar-refractivity contribution in [2.24, 2.45) is 0 Å². The van der Waals surface area contributed by atoms with E-state index in [4.69, 9.17) is 4.74 Å². The van der Waals surface area contributed by atoms with E-state index in [1.807, 2.05) is 48.5 Å². The van der Waals surface area contributed by atoms with Gasteiger partial charge in [-0.1, -0.05) is 30.3 Å². The molecule has 2 aromatic carbocycles. The predicted octanol–water partition coefficient (Wildman–Crippen LogP) is 3.09. The molecule has 2 aromatic rings. The third kappa shape index (κ3) is 4.33. The number of hydrogen-bond acceptors (Lipinski definition) is 3. The summed E-state index contributed by atoms with van der Waals surface area (Å²) in [6, 6.07) is 17.0. The third-order valence-corrected chi connectivity index (χ3v) is 3.96. The fourth-order valence-corrected chi connectivity index (χ4v) is 2.61. The first-order valence-corrected chi connectivity index (χ1v) is 8.16. The average molecular weight is 336 g/mol. The smallest absolute Gasteiger partial charge is 0.253 e. The minimum atomic E-state index is -0.154. The van der Waals surface area contributed by atoms with Crippen LogP contribution in [0.1, 0.15) is 12.5 Å². The second kappa shape index (κ2) is 7.77. The van der Waals surface area contributed by atoms with E-state index in [1.165, 1.54) is 0 Å². The molecular formula is C20H20N2O3. The van der Waals surface area contributed by atoms with Crippen molar-refractivity contribution >= 4 is 29.3 Å². The lowest BCUT2D eigenvalue weighted by Crippen LogP contribution is -2.41. The van der Waals surface area contributed by atoms with Gasteiger partial charge in [-0.25, -0.2) is 0 Å². The summed E-state index contributed by atoms with van der Waals surface area (Å²) < 4.78 is 5.13. The molecule has 1 fully saturated rings. The van der Waals surface area contributed by atoms with E-state index in [0.29, 0.717) is 24.4 Å². The number of rotatable bonds is 4. The van der Waals surface area contributed by atoms with E-state index in [2.05, 4.69) is 5.32 Å². The summed E-state index contributed by atoms with van der Waals surface area (Å²) >= 11 is 0. The Balaban J connectivity index is 1.65. The number of amides is 2. The normalized spacial score (nSPS) is 15.2. The molecule has 2 amide bonds. The number of carbonyl (C=O) groups excluding carboxylic acids is 2. The zero-order chi connectivity index (χ0) is 17.6. The molecule has 5 heteroatoms. The zero-order valence-electron chi connectivity index (χ0n) is 14.1. The zero-order valence-corrected chi connectivity index (χ0v) is 14.1. The summed E-state index contributed by atoms with van der Waals surface area (Å²) in [5, 5.41) is 2.87. The van der Waals surface area contributed by atoms with Gasteiger partial charge >= 0.3 is 0 Å². The van der Waals surface area contributed by atoms with Gasteiger partial charge in [-0.05, 0) is 42.8 Å². The second-order valence-corrected chi connectivity index (χ2v) is 5.84. The highest BCUT2D eigenvalue weighted by Gasteiger charge is 2.19. The van der Waals surface area contributed by atoms with Crippen LogP contribution < -0.4 is 10.2 Å². The average Bonchev–Trinajstić information content (AvgIpc) is 2.64. The second-order valence-electron chi connectivity index (χ2n) is 5.84. The number of ether oxygens (including phenoxy) is 1. The number of benzene rings is 2. The summed E-state index contributed by atoms with van der Waals surface area (Å²) in [7, 11) is 0. The predicted molar refractivity (Wildman–Crippen MR) is 98.3 cm³/mol. The Bertz CT molecular complexity index is 782. The molecule has 0 unspecified atom stereocenters. The molecule has 25 heavy (non-hydrogen) atoms. The van der Waals surface area contributed by atoms with E-state index >= 15 is 0 Å². The van der Waals surface area contributed by atoms with Gasteiger partial charge < -0.3 is 15.0 Å². The monoisotopic (exact) mass is 336 g/mol. The molecule has 1 saturated heterocycles. The highest BCUT2D eigenvalue weighted by atomic mass is 16.5. The molecule has 0 aliphatic carbocycles. The van der Waals surface area contributed by atoms with E-state index < -0.39 is 0 Å². The number of nitrogens with one attached hydrogen (secondary N) is 1. The fraction of sp³-hybridized carbons (Fsp3) is 0.200. The van der Waals surface area contributed by atoms with Crippen LogP contribution in [0, 0.1) is 0 Å². The van der Waals surface area contributed by atoms with E-state index in [0.717, 1.165) is 11.3 Å². The van der Waals surface area contributed by atoms with Crippen molar-refractivity contribution in [1.29, 1.82) is 0 Å². The molecule has 1 aliphatic rings. The van der Waals surface area contributed by atoms with Gasteiger partial charge in [0.25, 0.3) is 11.8 Å². The Kier molecular flexibility index (Phi) is 5.26. The maximum atomic E-state index is 12.3. The Hall–Kier alpha value is -2.92. The standard InChI is InChI=1S/C20H20N2O3/c1-15(13-16-5-3-2-4-6-16)20(24)21-17-7-9-18(10-8-17)22-11-12-25-14-19(22)23/h2-10,13H,11-12,14H2,1H3,(H,21,24)/b15-13+. The van der Waals surface area contributed by atoms with Crippen LogP contribution in [0.25, 0.3) is 6.08 Å². The maximum absolute atomic E-state index is 12.3. The summed E-state index contributed by atoms with van der Waals surface area (Å²) in [5.41, 5.74) is 3.10. The minimum Gasteiger partial charge on any atom is -0.370 e. The lowest BCUT2D eigenvalue weighted by Gasteiger charge is -2.26. The van der Waals surface area contributed by atoms with Crippen molar-refractivity contribution in [3.63, 3.8) is 0 Å². The minimum absolute atomic E-state index is 0.0512. The van der Waals surface area contributed by atoms with Gasteiger partial charge in [0.1, 0.15) is 6.61 Å².